The van der Waals surface area contributed by atoms with E-state index in [0.717, 1.165) is 33.3 Å². The quantitative estimate of drug-likeness (QED) is 0.268. The van der Waals surface area contributed by atoms with E-state index in [-0.39, 0.29) is 18.5 Å². The van der Waals surface area contributed by atoms with E-state index in [1.165, 1.54) is 0 Å². The first kappa shape index (κ1) is 26.8. The Bertz CT molecular complexity index is 1710. The van der Waals surface area contributed by atoms with Crippen LogP contribution in [0, 0.1) is 0 Å². The summed E-state index contributed by atoms with van der Waals surface area (Å²) in [5, 5.41) is 12.4. The van der Waals surface area contributed by atoms with Crippen molar-refractivity contribution >= 4 is 33.4 Å². The van der Waals surface area contributed by atoms with Gasteiger partial charge in [-0.15, -0.1) is 10.2 Å². The van der Waals surface area contributed by atoms with Crippen molar-refractivity contribution in [2.45, 2.75) is 13.0 Å². The second-order valence-electron chi connectivity index (χ2n) is 9.74. The molecule has 1 aliphatic heterocycles. The van der Waals surface area contributed by atoms with Crippen LogP contribution in [0.4, 0.5) is 19.3 Å². The molecule has 9 nitrogen and oxygen atoms in total. The number of fused-ring (bicyclic) bond motifs is 1. The molecule has 2 aromatic heterocycles. The number of hydrogen-bond donors (Lipinski definition) is 0. The number of nitrogens with zero attached hydrogens (tertiary/aromatic N) is 6. The van der Waals surface area contributed by atoms with Gasteiger partial charge in [-0.3, -0.25) is 13.8 Å². The van der Waals surface area contributed by atoms with Crippen LogP contribution < -0.4 is 4.90 Å². The minimum Gasteiger partial charge on any atom is -0.415 e. The topological polar surface area (TPSA) is 97.4 Å². The van der Waals surface area contributed by atoms with Crippen LogP contribution >= 0.6 is 0 Å². The number of carbonyl (C=O) groups is 1. The summed E-state index contributed by atoms with van der Waals surface area (Å²) in [6.45, 7) is 1.12. The molecule has 6 rings (SSSR count). The molecule has 0 atom stereocenters. The van der Waals surface area contributed by atoms with Crippen LogP contribution in [0.3, 0.4) is 0 Å². The number of aromatic nitrogens is 4. The second kappa shape index (κ2) is 11.2. The number of benzene rings is 3. The van der Waals surface area contributed by atoms with Crippen molar-refractivity contribution in [3.63, 3.8) is 0 Å². The number of carbonyl (C=O) groups excluding carboxylic acids is 1. The van der Waals surface area contributed by atoms with Crippen LogP contribution in [0.2, 0.25) is 0 Å². The molecule has 0 spiro atoms. The summed E-state index contributed by atoms with van der Waals surface area (Å²) in [5.41, 5.74) is 5.11. The molecule has 0 aliphatic carbocycles. The number of alkyl halides is 2. The van der Waals surface area contributed by atoms with Gasteiger partial charge in [0.25, 0.3) is 5.89 Å². The van der Waals surface area contributed by atoms with Crippen LogP contribution in [0.15, 0.2) is 77.3 Å². The number of hydrogen-bond acceptors (Lipinski definition) is 6. The molecule has 3 heterocycles. The number of anilines is 1. The largest absolute Gasteiger partial charge is 0.415 e. The van der Waals surface area contributed by atoms with Crippen molar-refractivity contribution in [3.8, 4) is 22.6 Å². The zero-order valence-electron chi connectivity index (χ0n) is 22.1. The van der Waals surface area contributed by atoms with Crippen molar-refractivity contribution in [3.05, 3.63) is 84.4 Å². The maximum Gasteiger partial charge on any atom is 0.324 e. The van der Waals surface area contributed by atoms with Crippen molar-refractivity contribution in [1.82, 2.24) is 24.9 Å². The van der Waals surface area contributed by atoms with Crippen LogP contribution in [-0.4, -0.2) is 59.7 Å². The molecule has 210 valence electrons. The standard InChI is InChI=1S/C29H26F2N6O3S/c1-35-25-16-22(6-7-23(25)17-32-35)20-8-10-24(11-9-20)37(29(38)36-12-14-41(39)15-13-36)18-19-2-4-21(5-3-19)27-33-34-28(40-27)26(30)31/h2-11,16-17,26H,12-15,18H2,1H3. The molecular formula is C29H26F2N6O3S. The molecule has 41 heavy (non-hydrogen) atoms. The number of urea groups is 1. The summed E-state index contributed by atoms with van der Waals surface area (Å²) in [6, 6.07) is 20.8. The SMILES string of the molecule is Cn1ncc2ccc(-c3ccc(N(Cc4ccc(-c5nnc(C(F)F)o5)cc4)C(=O)N4CCS(=O)CC4)cc3)cc21. The van der Waals surface area contributed by atoms with E-state index in [9.17, 15) is 17.8 Å². The lowest BCUT2D eigenvalue weighted by Crippen LogP contribution is -2.48. The highest BCUT2D eigenvalue weighted by atomic mass is 32.2. The third-order valence-corrected chi connectivity index (χ3v) is 8.39. The molecule has 1 aliphatic rings. The Labute approximate surface area is 236 Å². The highest BCUT2D eigenvalue weighted by molar-refractivity contribution is 7.85. The van der Waals surface area contributed by atoms with Gasteiger partial charge in [-0.2, -0.15) is 13.9 Å². The van der Waals surface area contributed by atoms with E-state index in [0.29, 0.717) is 30.2 Å². The summed E-state index contributed by atoms with van der Waals surface area (Å²) in [6.07, 6.45) is -1.01. The Morgan fingerprint density at radius 1 is 0.976 bits per heavy atom. The maximum atomic E-state index is 13.7. The highest BCUT2D eigenvalue weighted by Crippen LogP contribution is 2.29. The number of amides is 2. The lowest BCUT2D eigenvalue weighted by atomic mass is 10.0. The zero-order chi connectivity index (χ0) is 28.5. The molecule has 0 N–H and O–H groups in total. The minimum absolute atomic E-state index is 0.000926. The average molecular weight is 577 g/mol. The molecular weight excluding hydrogens is 550 g/mol. The summed E-state index contributed by atoms with van der Waals surface area (Å²) < 4.78 is 44.5. The average Bonchev–Trinajstić information content (AvgIpc) is 3.64. The first-order chi connectivity index (χ1) is 19.9. The predicted octanol–water partition coefficient (Wildman–Crippen LogP) is 5.42. The van der Waals surface area contributed by atoms with Crippen molar-refractivity contribution in [2.24, 2.45) is 7.05 Å². The number of aryl methyl sites for hydroxylation is 1. The van der Waals surface area contributed by atoms with Gasteiger partial charge in [0.1, 0.15) is 0 Å². The Morgan fingerprint density at radius 2 is 1.66 bits per heavy atom. The number of halogens is 2. The van der Waals surface area contributed by atoms with Crippen LogP contribution in [0.1, 0.15) is 17.9 Å². The van der Waals surface area contributed by atoms with E-state index in [1.54, 1.807) is 34.1 Å². The van der Waals surface area contributed by atoms with E-state index in [2.05, 4.69) is 21.4 Å². The minimum atomic E-state index is -2.84. The predicted molar refractivity (Wildman–Crippen MR) is 152 cm³/mol. The molecule has 0 radical (unpaired) electrons. The Balaban J connectivity index is 1.27. The van der Waals surface area contributed by atoms with Gasteiger partial charge in [-0.05, 0) is 47.0 Å². The van der Waals surface area contributed by atoms with Crippen LogP contribution in [0.25, 0.3) is 33.5 Å². The Kier molecular flexibility index (Phi) is 7.31. The van der Waals surface area contributed by atoms with Gasteiger partial charge in [-0.25, -0.2) is 4.79 Å². The van der Waals surface area contributed by atoms with Gasteiger partial charge in [0.2, 0.25) is 5.89 Å². The van der Waals surface area contributed by atoms with Gasteiger partial charge in [0.15, 0.2) is 0 Å². The fourth-order valence-corrected chi connectivity index (χ4v) is 5.85. The molecule has 1 fully saturated rings. The van der Waals surface area contributed by atoms with Crippen LogP contribution in [-0.2, 0) is 24.4 Å². The van der Waals surface area contributed by atoms with Gasteiger partial charge < -0.3 is 9.32 Å². The third-order valence-electron chi connectivity index (χ3n) is 7.11. The summed E-state index contributed by atoms with van der Waals surface area (Å²) >= 11 is 0. The van der Waals surface area contributed by atoms with Gasteiger partial charge >= 0.3 is 12.5 Å². The van der Waals surface area contributed by atoms with E-state index in [4.69, 9.17) is 4.42 Å². The van der Waals surface area contributed by atoms with Crippen LogP contribution in [0.5, 0.6) is 0 Å². The van der Waals surface area contributed by atoms with Crippen molar-refractivity contribution < 1.29 is 22.2 Å². The summed E-state index contributed by atoms with van der Waals surface area (Å²) in [5.74, 6) is 0.177. The highest BCUT2D eigenvalue weighted by Gasteiger charge is 2.26. The Hall–Kier alpha value is -4.45. The molecule has 5 aromatic rings. The second-order valence-corrected chi connectivity index (χ2v) is 11.4. The zero-order valence-corrected chi connectivity index (χ0v) is 22.9. The lowest BCUT2D eigenvalue weighted by Gasteiger charge is -2.33. The molecule has 2 amide bonds. The van der Waals surface area contributed by atoms with Gasteiger partial charge in [-0.1, -0.05) is 36.4 Å². The normalized spacial score (nSPS) is 14.2. The monoisotopic (exact) mass is 576 g/mol. The lowest BCUT2D eigenvalue weighted by molar-refractivity contribution is 0.116. The fraction of sp³-hybridized carbons (Fsp3) is 0.241. The van der Waals surface area contributed by atoms with E-state index >= 15 is 0 Å². The smallest absolute Gasteiger partial charge is 0.324 e. The van der Waals surface area contributed by atoms with Gasteiger partial charge in [0.05, 0.1) is 18.3 Å². The molecule has 3 aromatic carbocycles. The first-order valence-corrected chi connectivity index (χ1v) is 14.5. The summed E-state index contributed by atoms with van der Waals surface area (Å²) in [7, 11) is 0.993. The fourth-order valence-electron chi connectivity index (χ4n) is 4.80. The van der Waals surface area contributed by atoms with Crippen molar-refractivity contribution in [2.75, 3.05) is 29.5 Å². The van der Waals surface area contributed by atoms with E-state index in [1.807, 2.05) is 54.3 Å². The Morgan fingerprint density at radius 3 is 2.34 bits per heavy atom. The maximum absolute atomic E-state index is 13.7. The first-order valence-electron chi connectivity index (χ1n) is 13.0. The van der Waals surface area contributed by atoms with Gasteiger partial charge in [0, 0.05) is 59.1 Å². The number of rotatable bonds is 6. The summed E-state index contributed by atoms with van der Waals surface area (Å²) in [4.78, 5) is 17.1. The molecule has 0 saturated carbocycles. The molecule has 12 heteroatoms. The van der Waals surface area contributed by atoms with E-state index < -0.39 is 23.1 Å². The third kappa shape index (κ3) is 5.60. The van der Waals surface area contributed by atoms with Crippen molar-refractivity contribution in [1.29, 1.82) is 0 Å². The molecule has 0 unspecified atom stereocenters. The molecule has 1 saturated heterocycles. The molecule has 0 bridgehead atoms.